The lowest BCUT2D eigenvalue weighted by atomic mass is 10.2. The Bertz CT molecular complexity index is 434. The first kappa shape index (κ1) is 17.0. The van der Waals surface area contributed by atoms with Crippen LogP contribution in [0.15, 0.2) is 22.7 Å². The molecule has 0 fully saturated rings. The van der Waals surface area contributed by atoms with Crippen molar-refractivity contribution in [3.63, 3.8) is 0 Å². The van der Waals surface area contributed by atoms with Gasteiger partial charge < -0.3 is 15.0 Å². The Morgan fingerprint density at radius 1 is 1.30 bits per heavy atom. The van der Waals surface area contributed by atoms with Crippen molar-refractivity contribution in [3.05, 3.63) is 28.2 Å². The van der Waals surface area contributed by atoms with Gasteiger partial charge in [0.1, 0.15) is 5.75 Å². The molecule has 1 rings (SSSR count). The highest BCUT2D eigenvalue weighted by molar-refractivity contribution is 9.10. The van der Waals surface area contributed by atoms with E-state index >= 15 is 0 Å². The van der Waals surface area contributed by atoms with Gasteiger partial charge in [0.2, 0.25) is 0 Å². The van der Waals surface area contributed by atoms with Gasteiger partial charge in [-0.25, -0.2) is 0 Å². The molecule has 4 nitrogen and oxygen atoms in total. The Balaban J connectivity index is 2.58. The first-order chi connectivity index (χ1) is 9.62. The van der Waals surface area contributed by atoms with Crippen molar-refractivity contribution in [2.24, 2.45) is 0 Å². The van der Waals surface area contributed by atoms with Gasteiger partial charge in [0.15, 0.2) is 6.61 Å². The first-order valence-corrected chi connectivity index (χ1v) is 7.81. The van der Waals surface area contributed by atoms with Crippen molar-refractivity contribution in [1.82, 2.24) is 10.2 Å². The molecule has 1 aromatic carbocycles. The lowest BCUT2D eigenvalue weighted by molar-refractivity contribution is -0.132. The summed E-state index contributed by atoms with van der Waals surface area (Å²) in [4.78, 5) is 13.6. The van der Waals surface area contributed by atoms with E-state index < -0.39 is 0 Å². The predicted molar refractivity (Wildman–Crippen MR) is 84.9 cm³/mol. The zero-order valence-corrected chi connectivity index (χ0v) is 14.0. The molecular formula is C15H23BrN2O2. The maximum absolute atomic E-state index is 11.9. The topological polar surface area (TPSA) is 41.6 Å². The molecule has 5 heteroatoms. The summed E-state index contributed by atoms with van der Waals surface area (Å²) in [7, 11) is 0. The molecule has 0 saturated heterocycles. The van der Waals surface area contributed by atoms with Crippen LogP contribution >= 0.6 is 15.9 Å². The van der Waals surface area contributed by atoms with E-state index in [0.29, 0.717) is 18.8 Å². The minimum atomic E-state index is 0.0126. The number of ether oxygens (including phenoxy) is 1. The molecular weight excluding hydrogens is 320 g/mol. The second kappa shape index (κ2) is 8.97. The summed E-state index contributed by atoms with van der Waals surface area (Å²) in [6.45, 7) is 9.27. The largest absolute Gasteiger partial charge is 0.483 e. The number of nitrogens with zero attached hydrogens (tertiary/aromatic N) is 1. The number of amides is 1. The molecule has 0 atom stereocenters. The molecule has 1 amide bonds. The molecule has 0 aromatic heterocycles. The number of benzene rings is 1. The van der Waals surface area contributed by atoms with Crippen molar-refractivity contribution in [1.29, 1.82) is 0 Å². The second-order valence-electron chi connectivity index (χ2n) is 4.40. The van der Waals surface area contributed by atoms with E-state index in [1.807, 2.05) is 32.0 Å². The summed E-state index contributed by atoms with van der Waals surface area (Å²) in [5.74, 6) is 0.712. The van der Waals surface area contributed by atoms with Crippen molar-refractivity contribution >= 4 is 21.8 Å². The van der Waals surface area contributed by atoms with Gasteiger partial charge in [0.05, 0.1) is 4.47 Å². The molecule has 0 heterocycles. The van der Waals surface area contributed by atoms with Gasteiger partial charge in [-0.2, -0.15) is 0 Å². The van der Waals surface area contributed by atoms with Gasteiger partial charge in [-0.05, 0) is 54.0 Å². The Labute approximate surface area is 129 Å². The lowest BCUT2D eigenvalue weighted by Gasteiger charge is -2.19. The summed E-state index contributed by atoms with van der Waals surface area (Å²) in [5, 5.41) is 3.27. The summed E-state index contributed by atoms with van der Waals surface area (Å²) in [6.07, 6.45) is 0. The molecule has 20 heavy (non-hydrogen) atoms. The van der Waals surface area contributed by atoms with E-state index in [0.717, 1.165) is 17.6 Å². The molecule has 0 bridgehead atoms. The number of carbonyl (C=O) groups is 1. The van der Waals surface area contributed by atoms with Crippen LogP contribution < -0.4 is 10.1 Å². The third kappa shape index (κ3) is 5.13. The fourth-order valence-electron chi connectivity index (χ4n) is 1.85. The average Bonchev–Trinajstić information content (AvgIpc) is 2.45. The number of likely N-dealkylation sites (N-methyl/N-ethyl adjacent to an activating group) is 1. The molecule has 0 spiro atoms. The van der Waals surface area contributed by atoms with Gasteiger partial charge in [-0.15, -0.1) is 0 Å². The third-order valence-electron chi connectivity index (χ3n) is 3.04. The normalized spacial score (nSPS) is 10.4. The third-order valence-corrected chi connectivity index (χ3v) is 3.66. The zero-order valence-electron chi connectivity index (χ0n) is 12.4. The molecule has 1 N–H and O–H groups in total. The Kier molecular flexibility index (Phi) is 7.62. The van der Waals surface area contributed by atoms with E-state index in [4.69, 9.17) is 4.74 Å². The van der Waals surface area contributed by atoms with Crippen LogP contribution in [0.5, 0.6) is 5.75 Å². The fraction of sp³-hybridized carbons (Fsp3) is 0.533. The molecule has 0 aliphatic carbocycles. The van der Waals surface area contributed by atoms with E-state index in [1.54, 1.807) is 4.90 Å². The quantitative estimate of drug-likeness (QED) is 0.789. The highest BCUT2D eigenvalue weighted by atomic mass is 79.9. The number of rotatable bonds is 8. The number of hydrogen-bond donors (Lipinski definition) is 1. The summed E-state index contributed by atoms with van der Waals surface area (Å²) in [5.41, 5.74) is 1.18. The van der Waals surface area contributed by atoms with E-state index in [1.165, 1.54) is 5.56 Å². The molecule has 0 unspecified atom stereocenters. The average molecular weight is 343 g/mol. The van der Waals surface area contributed by atoms with Crippen LogP contribution in [0.2, 0.25) is 0 Å². The SMILES string of the molecule is CCNCc1ccc(OCC(=O)N(CC)CC)c(Br)c1. The van der Waals surface area contributed by atoms with Crippen molar-refractivity contribution < 1.29 is 9.53 Å². The summed E-state index contributed by atoms with van der Waals surface area (Å²) < 4.78 is 6.46. The molecule has 0 aliphatic heterocycles. The van der Waals surface area contributed by atoms with Gasteiger partial charge in [-0.3, -0.25) is 4.79 Å². The second-order valence-corrected chi connectivity index (χ2v) is 5.25. The number of nitrogens with one attached hydrogen (secondary N) is 1. The molecule has 0 radical (unpaired) electrons. The van der Waals surface area contributed by atoms with Crippen molar-refractivity contribution in [3.8, 4) is 5.75 Å². The number of hydrogen-bond acceptors (Lipinski definition) is 3. The molecule has 0 aliphatic rings. The van der Waals surface area contributed by atoms with E-state index in [9.17, 15) is 4.79 Å². The highest BCUT2D eigenvalue weighted by Gasteiger charge is 2.11. The Morgan fingerprint density at radius 3 is 2.55 bits per heavy atom. The Morgan fingerprint density at radius 2 is 2.00 bits per heavy atom. The monoisotopic (exact) mass is 342 g/mol. The highest BCUT2D eigenvalue weighted by Crippen LogP contribution is 2.26. The van der Waals surface area contributed by atoms with Crippen LogP contribution in [0.1, 0.15) is 26.3 Å². The lowest BCUT2D eigenvalue weighted by Crippen LogP contribution is -2.34. The van der Waals surface area contributed by atoms with Crippen LogP contribution in [0.3, 0.4) is 0 Å². The van der Waals surface area contributed by atoms with Gasteiger partial charge >= 0.3 is 0 Å². The van der Waals surface area contributed by atoms with E-state index in [-0.39, 0.29) is 12.5 Å². The molecule has 1 aromatic rings. The minimum Gasteiger partial charge on any atom is -0.483 e. The maximum Gasteiger partial charge on any atom is 0.260 e. The summed E-state index contributed by atoms with van der Waals surface area (Å²) >= 11 is 3.48. The van der Waals surface area contributed by atoms with Gasteiger partial charge in [-0.1, -0.05) is 13.0 Å². The van der Waals surface area contributed by atoms with Crippen LogP contribution in [-0.2, 0) is 11.3 Å². The van der Waals surface area contributed by atoms with Crippen LogP contribution in [0.25, 0.3) is 0 Å². The fourth-order valence-corrected chi connectivity index (χ4v) is 2.39. The van der Waals surface area contributed by atoms with Crippen molar-refractivity contribution in [2.45, 2.75) is 27.3 Å². The zero-order chi connectivity index (χ0) is 15.0. The van der Waals surface area contributed by atoms with Crippen molar-refractivity contribution in [2.75, 3.05) is 26.2 Å². The minimum absolute atomic E-state index is 0.0126. The predicted octanol–water partition coefficient (Wildman–Crippen LogP) is 2.81. The first-order valence-electron chi connectivity index (χ1n) is 7.02. The van der Waals surface area contributed by atoms with Crippen LogP contribution in [-0.4, -0.2) is 37.0 Å². The summed E-state index contributed by atoms with van der Waals surface area (Å²) in [6, 6.07) is 5.91. The maximum atomic E-state index is 11.9. The Hall–Kier alpha value is -1.07. The molecule has 112 valence electrons. The van der Waals surface area contributed by atoms with Gasteiger partial charge in [0, 0.05) is 19.6 Å². The van der Waals surface area contributed by atoms with Crippen LogP contribution in [0, 0.1) is 0 Å². The van der Waals surface area contributed by atoms with E-state index in [2.05, 4.69) is 28.2 Å². The van der Waals surface area contributed by atoms with Gasteiger partial charge in [0.25, 0.3) is 5.91 Å². The number of halogens is 1. The van der Waals surface area contributed by atoms with Crippen LogP contribution in [0.4, 0.5) is 0 Å². The number of carbonyl (C=O) groups excluding carboxylic acids is 1. The molecule has 0 saturated carbocycles. The smallest absolute Gasteiger partial charge is 0.260 e. The standard InChI is InChI=1S/C15H23BrN2O2/c1-4-17-10-12-7-8-14(13(16)9-12)20-11-15(19)18(5-2)6-3/h7-9,17H,4-6,10-11H2,1-3H3.